The number of nitrogens with zero attached hydrogens (tertiary/aromatic N) is 4. The second-order valence-electron chi connectivity index (χ2n) is 11.1. The molecule has 0 aliphatic carbocycles. The van der Waals surface area contributed by atoms with Gasteiger partial charge in [0.1, 0.15) is 17.4 Å². The first-order valence-corrected chi connectivity index (χ1v) is 16.4. The van der Waals surface area contributed by atoms with Crippen LogP contribution in [0, 0.1) is 18.6 Å². The fourth-order valence-corrected chi connectivity index (χ4v) is 6.73. The summed E-state index contributed by atoms with van der Waals surface area (Å²) in [6, 6.07) is 16.5. The summed E-state index contributed by atoms with van der Waals surface area (Å²) in [5, 5.41) is 13.8. The van der Waals surface area contributed by atoms with Gasteiger partial charge in [-0.3, -0.25) is 4.72 Å². The van der Waals surface area contributed by atoms with Crippen LogP contribution in [-0.4, -0.2) is 58.6 Å². The van der Waals surface area contributed by atoms with Crippen LogP contribution < -0.4 is 14.8 Å². The van der Waals surface area contributed by atoms with Crippen LogP contribution in [0.5, 0.6) is 11.6 Å². The molecule has 11 nitrogen and oxygen atoms in total. The predicted molar refractivity (Wildman–Crippen MR) is 173 cm³/mol. The van der Waals surface area contributed by atoms with Crippen molar-refractivity contribution in [3.05, 3.63) is 102 Å². The second kappa shape index (κ2) is 13.2. The molecule has 1 amide bonds. The molecule has 3 N–H and O–H groups in total. The molecule has 14 heteroatoms. The molecule has 1 aliphatic heterocycles. The molecule has 3 aromatic carbocycles. The van der Waals surface area contributed by atoms with E-state index in [9.17, 15) is 27.1 Å². The van der Waals surface area contributed by atoms with Gasteiger partial charge in [0.25, 0.3) is 0 Å². The molecule has 1 fully saturated rings. The largest absolute Gasteiger partial charge is 0.465 e. The van der Waals surface area contributed by atoms with Crippen LogP contribution in [-0.2, 0) is 15.8 Å². The molecule has 3 heterocycles. The minimum absolute atomic E-state index is 0.139. The third-order valence-corrected chi connectivity index (χ3v) is 8.98. The van der Waals surface area contributed by atoms with E-state index in [1.54, 1.807) is 60.9 Å². The quantitative estimate of drug-likeness (QED) is 0.160. The number of aryl methyl sites for hydroxylation is 1. The van der Waals surface area contributed by atoms with E-state index in [0.29, 0.717) is 52.9 Å². The van der Waals surface area contributed by atoms with E-state index in [-0.39, 0.29) is 23.2 Å². The van der Waals surface area contributed by atoms with E-state index in [2.05, 4.69) is 25.0 Å². The summed E-state index contributed by atoms with van der Waals surface area (Å²) in [6.45, 7) is 2.66. The molecule has 1 unspecified atom stereocenters. The molecule has 1 atom stereocenters. The predicted octanol–water partition coefficient (Wildman–Crippen LogP) is 6.57. The SMILES string of the molecule is Cc1ccc2c(NS(=O)(=O)Cc3ccc(F)cc3F)cccc2c1Oc1ncccc1-c1ccnc(NC2CCCN(C(=O)O)C2)n1. The first-order valence-electron chi connectivity index (χ1n) is 14.7. The number of carboxylic acid groups (broad SMARTS) is 1. The maximum Gasteiger partial charge on any atom is 0.407 e. The molecule has 5 aromatic rings. The fourth-order valence-electron chi connectivity index (χ4n) is 5.50. The van der Waals surface area contributed by atoms with Crippen molar-refractivity contribution in [2.75, 3.05) is 23.1 Å². The number of anilines is 2. The number of piperidine rings is 1. The summed E-state index contributed by atoms with van der Waals surface area (Å²) in [4.78, 5) is 26.3. The molecule has 0 radical (unpaired) electrons. The number of carbonyl (C=O) groups is 1. The van der Waals surface area contributed by atoms with E-state index >= 15 is 0 Å². The van der Waals surface area contributed by atoms with Gasteiger partial charge in [0, 0.05) is 53.9 Å². The smallest absolute Gasteiger partial charge is 0.407 e. The number of rotatable bonds is 9. The average Bonchev–Trinajstić information content (AvgIpc) is 3.04. The van der Waals surface area contributed by atoms with Gasteiger partial charge in [-0.15, -0.1) is 0 Å². The number of pyridine rings is 1. The highest BCUT2D eigenvalue weighted by Gasteiger charge is 2.24. The zero-order valence-electron chi connectivity index (χ0n) is 25.2. The molecule has 0 saturated carbocycles. The van der Waals surface area contributed by atoms with Crippen molar-refractivity contribution in [3.63, 3.8) is 0 Å². The monoisotopic (exact) mass is 660 g/mol. The Labute approximate surface area is 269 Å². The summed E-state index contributed by atoms with van der Waals surface area (Å²) in [5.74, 6) is -1.40. The number of halogens is 2. The van der Waals surface area contributed by atoms with Crippen LogP contribution >= 0.6 is 0 Å². The van der Waals surface area contributed by atoms with Crippen LogP contribution in [0.3, 0.4) is 0 Å². The highest BCUT2D eigenvalue weighted by atomic mass is 32.2. The Kier molecular flexibility index (Phi) is 8.85. The molecule has 0 spiro atoms. The molecule has 0 bridgehead atoms. The Hall–Kier alpha value is -5.37. The van der Waals surface area contributed by atoms with E-state index in [0.717, 1.165) is 30.5 Å². The summed E-state index contributed by atoms with van der Waals surface area (Å²) < 4.78 is 62.6. The average molecular weight is 661 g/mol. The molecule has 2 aromatic heterocycles. The van der Waals surface area contributed by atoms with Gasteiger partial charge in [-0.25, -0.2) is 36.9 Å². The minimum Gasteiger partial charge on any atom is -0.465 e. The number of benzene rings is 3. The fraction of sp³-hybridized carbons (Fsp3) is 0.212. The number of fused-ring (bicyclic) bond motifs is 1. The highest BCUT2D eigenvalue weighted by Crippen LogP contribution is 2.39. The van der Waals surface area contributed by atoms with Crippen molar-refractivity contribution in [2.24, 2.45) is 0 Å². The molecular weight excluding hydrogens is 630 g/mol. The lowest BCUT2D eigenvalue weighted by atomic mass is 10.0. The second-order valence-corrected chi connectivity index (χ2v) is 12.9. The maximum absolute atomic E-state index is 14.2. The van der Waals surface area contributed by atoms with Gasteiger partial charge < -0.3 is 20.1 Å². The highest BCUT2D eigenvalue weighted by molar-refractivity contribution is 7.91. The molecular formula is C33H30F2N6O5S. The van der Waals surface area contributed by atoms with Crippen LogP contribution in [0.1, 0.15) is 24.0 Å². The number of aromatic nitrogens is 3. The minimum atomic E-state index is -4.08. The van der Waals surface area contributed by atoms with Gasteiger partial charge in [-0.2, -0.15) is 0 Å². The zero-order chi connectivity index (χ0) is 33.1. The number of sulfonamides is 1. The molecule has 1 saturated heterocycles. The van der Waals surface area contributed by atoms with Gasteiger partial charge in [0.15, 0.2) is 0 Å². The van der Waals surface area contributed by atoms with Gasteiger partial charge in [-0.1, -0.05) is 30.3 Å². The van der Waals surface area contributed by atoms with Gasteiger partial charge in [-0.05, 0) is 55.7 Å². The number of hydrogen-bond donors (Lipinski definition) is 3. The molecule has 242 valence electrons. The van der Waals surface area contributed by atoms with Crippen LogP contribution in [0.2, 0.25) is 0 Å². The van der Waals surface area contributed by atoms with Crippen molar-refractivity contribution >= 4 is 38.5 Å². The van der Waals surface area contributed by atoms with Gasteiger partial charge >= 0.3 is 6.09 Å². The van der Waals surface area contributed by atoms with Crippen LogP contribution in [0.4, 0.5) is 25.2 Å². The summed E-state index contributed by atoms with van der Waals surface area (Å²) >= 11 is 0. The van der Waals surface area contributed by atoms with Gasteiger partial charge in [0.2, 0.25) is 21.9 Å². The van der Waals surface area contributed by atoms with E-state index in [4.69, 9.17) is 4.74 Å². The third-order valence-electron chi connectivity index (χ3n) is 7.76. The lowest BCUT2D eigenvalue weighted by Crippen LogP contribution is -2.44. The van der Waals surface area contributed by atoms with Crippen molar-refractivity contribution < 1.29 is 31.8 Å². The van der Waals surface area contributed by atoms with Crippen LogP contribution in [0.25, 0.3) is 22.0 Å². The first-order chi connectivity index (χ1) is 22.6. The maximum atomic E-state index is 14.2. The number of nitrogens with one attached hydrogen (secondary N) is 2. The zero-order valence-corrected chi connectivity index (χ0v) is 26.0. The first kappa shape index (κ1) is 31.6. The summed E-state index contributed by atoms with van der Waals surface area (Å²) in [6.07, 6.45) is 3.72. The summed E-state index contributed by atoms with van der Waals surface area (Å²) in [7, 11) is -4.08. The van der Waals surface area contributed by atoms with Crippen molar-refractivity contribution in [2.45, 2.75) is 31.6 Å². The topological polar surface area (TPSA) is 147 Å². The third kappa shape index (κ3) is 7.22. The van der Waals surface area contributed by atoms with E-state index in [1.807, 2.05) is 6.92 Å². The normalized spacial score (nSPS) is 15.0. The Morgan fingerprint density at radius 2 is 1.89 bits per heavy atom. The van der Waals surface area contributed by atoms with Crippen molar-refractivity contribution in [1.82, 2.24) is 19.9 Å². The van der Waals surface area contributed by atoms with E-state index < -0.39 is 33.5 Å². The lowest BCUT2D eigenvalue weighted by Gasteiger charge is -2.31. The lowest BCUT2D eigenvalue weighted by molar-refractivity contribution is 0.132. The number of amides is 1. The van der Waals surface area contributed by atoms with Crippen molar-refractivity contribution in [3.8, 4) is 22.9 Å². The Balaban J connectivity index is 1.28. The number of likely N-dealkylation sites (tertiary alicyclic amines) is 1. The van der Waals surface area contributed by atoms with E-state index in [1.165, 1.54) is 4.90 Å². The molecule has 6 rings (SSSR count). The summed E-state index contributed by atoms with van der Waals surface area (Å²) in [5.41, 5.74) is 1.95. The molecule has 1 aliphatic rings. The number of ether oxygens (including phenoxy) is 1. The number of hydrogen-bond acceptors (Lipinski definition) is 8. The van der Waals surface area contributed by atoms with Gasteiger partial charge in [0.05, 0.1) is 22.7 Å². The Morgan fingerprint density at radius 1 is 1.04 bits per heavy atom. The standard InChI is InChI=1S/C33H30F2N6O5S/c1-20-9-12-24-25(6-2-8-29(24)40-47(44,45)19-21-10-11-22(34)17-27(21)35)30(20)46-31-26(7-3-14-36-31)28-13-15-37-32(39-28)38-23-5-4-16-41(18-23)33(42)43/h2-3,6-15,17,23,40H,4-5,16,18-19H2,1H3,(H,42,43)(H,37,38,39). The Morgan fingerprint density at radius 3 is 2.70 bits per heavy atom. The van der Waals surface area contributed by atoms with Crippen LogP contribution in [0.15, 0.2) is 79.1 Å². The van der Waals surface area contributed by atoms with Crippen molar-refractivity contribution in [1.29, 1.82) is 0 Å². The molecule has 47 heavy (non-hydrogen) atoms. The Bertz CT molecular complexity index is 2080.